The van der Waals surface area contributed by atoms with Crippen molar-refractivity contribution in [1.29, 1.82) is 0 Å². The molecule has 1 fully saturated rings. The quantitative estimate of drug-likeness (QED) is 0.805. The molecule has 1 aliphatic rings. The summed E-state index contributed by atoms with van der Waals surface area (Å²) in [7, 11) is 1.58. The van der Waals surface area contributed by atoms with Gasteiger partial charge in [0.25, 0.3) is 5.91 Å². The van der Waals surface area contributed by atoms with E-state index in [1.165, 1.54) is 0 Å². The standard InChI is InChI=1S/C21H33N3O4/c1-15-10-12-24(20(26)28-21(2,3)4)13-11-18(15)23-16-6-8-17(9-7-16)27-14-19(25)22-5/h6-9,15,18,23H,10-14H2,1-5H3,(H,22,25)/t15-,18-/m1/s1. The van der Waals surface area contributed by atoms with Crippen LogP contribution < -0.4 is 15.4 Å². The second-order valence-corrected chi connectivity index (χ2v) is 8.26. The monoisotopic (exact) mass is 391 g/mol. The van der Waals surface area contributed by atoms with Gasteiger partial charge < -0.3 is 25.0 Å². The molecule has 2 N–H and O–H groups in total. The van der Waals surface area contributed by atoms with Crippen LogP contribution in [0.25, 0.3) is 0 Å². The summed E-state index contributed by atoms with van der Waals surface area (Å²) >= 11 is 0. The molecule has 156 valence electrons. The lowest BCUT2D eigenvalue weighted by Crippen LogP contribution is -2.37. The first-order valence-electron chi connectivity index (χ1n) is 9.86. The summed E-state index contributed by atoms with van der Waals surface area (Å²) in [6.45, 7) is 9.25. The number of benzene rings is 1. The third kappa shape index (κ3) is 6.94. The number of ether oxygens (including phenoxy) is 2. The number of amides is 2. The van der Waals surface area contributed by atoms with E-state index in [0.717, 1.165) is 18.5 Å². The van der Waals surface area contributed by atoms with Crippen LogP contribution >= 0.6 is 0 Å². The molecule has 1 aromatic carbocycles. The molecule has 1 aliphatic heterocycles. The average molecular weight is 392 g/mol. The molecule has 2 rings (SSSR count). The lowest BCUT2D eigenvalue weighted by molar-refractivity contribution is -0.122. The van der Waals surface area contributed by atoms with Gasteiger partial charge in [-0.15, -0.1) is 0 Å². The Bertz CT molecular complexity index is 655. The summed E-state index contributed by atoms with van der Waals surface area (Å²) in [5.74, 6) is 0.916. The topological polar surface area (TPSA) is 79.9 Å². The first-order chi connectivity index (χ1) is 13.2. The van der Waals surface area contributed by atoms with E-state index in [1.807, 2.05) is 45.0 Å². The van der Waals surface area contributed by atoms with Gasteiger partial charge in [0, 0.05) is 31.9 Å². The molecule has 0 saturated carbocycles. The van der Waals surface area contributed by atoms with Crippen molar-refractivity contribution in [1.82, 2.24) is 10.2 Å². The molecule has 1 aromatic rings. The van der Waals surface area contributed by atoms with Gasteiger partial charge in [0.15, 0.2) is 6.61 Å². The van der Waals surface area contributed by atoms with E-state index in [1.54, 1.807) is 11.9 Å². The van der Waals surface area contributed by atoms with Gasteiger partial charge in [0.1, 0.15) is 11.4 Å². The SMILES string of the molecule is CNC(=O)COc1ccc(N[C@@H]2CCN(C(=O)OC(C)(C)C)CC[C@H]2C)cc1. The molecule has 0 spiro atoms. The van der Waals surface area contributed by atoms with Crippen molar-refractivity contribution in [3.63, 3.8) is 0 Å². The zero-order valence-corrected chi connectivity index (χ0v) is 17.6. The van der Waals surface area contributed by atoms with Crippen molar-refractivity contribution in [3.8, 4) is 5.75 Å². The predicted molar refractivity (Wildman–Crippen MR) is 110 cm³/mol. The number of nitrogens with zero attached hydrogens (tertiary/aromatic N) is 1. The lowest BCUT2D eigenvalue weighted by Gasteiger charge is -2.26. The van der Waals surface area contributed by atoms with E-state index in [2.05, 4.69) is 17.6 Å². The molecule has 0 radical (unpaired) electrons. The maximum Gasteiger partial charge on any atom is 0.410 e. The van der Waals surface area contributed by atoms with Gasteiger partial charge in [-0.2, -0.15) is 0 Å². The van der Waals surface area contributed by atoms with Crippen molar-refractivity contribution < 1.29 is 19.1 Å². The number of hydrogen-bond acceptors (Lipinski definition) is 5. The minimum atomic E-state index is -0.478. The van der Waals surface area contributed by atoms with Crippen molar-refractivity contribution in [2.75, 3.05) is 32.1 Å². The van der Waals surface area contributed by atoms with E-state index < -0.39 is 5.60 Å². The van der Waals surface area contributed by atoms with Crippen molar-refractivity contribution in [2.45, 2.75) is 52.2 Å². The van der Waals surface area contributed by atoms with Crippen molar-refractivity contribution >= 4 is 17.7 Å². The maximum absolute atomic E-state index is 12.3. The Hall–Kier alpha value is -2.44. The van der Waals surface area contributed by atoms with Gasteiger partial charge in [-0.1, -0.05) is 6.92 Å². The van der Waals surface area contributed by atoms with Gasteiger partial charge in [0.05, 0.1) is 0 Å². The van der Waals surface area contributed by atoms with Crippen LogP contribution in [0.1, 0.15) is 40.5 Å². The van der Waals surface area contributed by atoms with E-state index in [-0.39, 0.29) is 24.6 Å². The lowest BCUT2D eigenvalue weighted by atomic mass is 9.97. The van der Waals surface area contributed by atoms with Crippen LogP contribution in [-0.2, 0) is 9.53 Å². The van der Waals surface area contributed by atoms with Crippen LogP contribution in [-0.4, -0.2) is 55.3 Å². The van der Waals surface area contributed by atoms with E-state index >= 15 is 0 Å². The Balaban J connectivity index is 1.89. The highest BCUT2D eigenvalue weighted by Crippen LogP contribution is 2.24. The summed E-state index contributed by atoms with van der Waals surface area (Å²) < 4.78 is 10.9. The van der Waals surface area contributed by atoms with Crippen LogP contribution in [0.5, 0.6) is 5.75 Å². The minimum absolute atomic E-state index is 0.00341. The Kier molecular flexibility index (Phi) is 7.54. The number of rotatable bonds is 5. The smallest absolute Gasteiger partial charge is 0.410 e. The minimum Gasteiger partial charge on any atom is -0.484 e. The molecular weight excluding hydrogens is 358 g/mol. The highest BCUT2D eigenvalue weighted by molar-refractivity contribution is 5.77. The molecule has 1 heterocycles. The first-order valence-corrected chi connectivity index (χ1v) is 9.86. The molecule has 2 atom stereocenters. The summed E-state index contributed by atoms with van der Waals surface area (Å²) in [5.41, 5.74) is 0.517. The molecule has 0 bridgehead atoms. The van der Waals surface area contributed by atoms with E-state index in [9.17, 15) is 9.59 Å². The van der Waals surface area contributed by atoms with Crippen LogP contribution in [0.2, 0.25) is 0 Å². The summed E-state index contributed by atoms with van der Waals surface area (Å²) in [5, 5.41) is 6.09. The maximum atomic E-state index is 12.3. The van der Waals surface area contributed by atoms with Gasteiger partial charge in [-0.05, 0) is 63.8 Å². The molecule has 2 amide bonds. The molecule has 1 saturated heterocycles. The third-order valence-electron chi connectivity index (χ3n) is 4.76. The fraction of sp³-hybridized carbons (Fsp3) is 0.619. The molecule has 7 nitrogen and oxygen atoms in total. The van der Waals surface area contributed by atoms with Crippen LogP contribution in [0.4, 0.5) is 10.5 Å². The number of likely N-dealkylation sites (tertiary alicyclic amines) is 1. The predicted octanol–water partition coefficient (Wildman–Crippen LogP) is 3.26. The third-order valence-corrected chi connectivity index (χ3v) is 4.76. The fourth-order valence-electron chi connectivity index (χ4n) is 3.06. The largest absolute Gasteiger partial charge is 0.484 e. The van der Waals surface area contributed by atoms with Crippen molar-refractivity contribution in [2.24, 2.45) is 5.92 Å². The average Bonchev–Trinajstić information content (AvgIpc) is 2.81. The first kappa shape index (κ1) is 21.9. The number of hydrogen-bond donors (Lipinski definition) is 2. The zero-order valence-electron chi connectivity index (χ0n) is 17.6. The van der Waals surface area contributed by atoms with Crippen LogP contribution in [0, 0.1) is 5.92 Å². The second kappa shape index (κ2) is 9.66. The number of nitrogens with one attached hydrogen (secondary N) is 2. The van der Waals surface area contributed by atoms with Gasteiger partial charge in [-0.25, -0.2) is 4.79 Å². The number of carbonyl (C=O) groups excluding carboxylic acids is 2. The number of likely N-dealkylation sites (N-methyl/N-ethyl adjacent to an activating group) is 1. The van der Waals surface area contributed by atoms with E-state index in [4.69, 9.17) is 9.47 Å². The Morgan fingerprint density at radius 1 is 1.14 bits per heavy atom. The molecule has 0 aromatic heterocycles. The normalized spacial score (nSPS) is 20.1. The number of carbonyl (C=O) groups is 2. The van der Waals surface area contributed by atoms with Gasteiger partial charge in [-0.3, -0.25) is 4.79 Å². The highest BCUT2D eigenvalue weighted by atomic mass is 16.6. The fourth-order valence-corrected chi connectivity index (χ4v) is 3.06. The summed E-state index contributed by atoms with van der Waals surface area (Å²) in [6, 6.07) is 7.86. The van der Waals surface area contributed by atoms with Gasteiger partial charge >= 0.3 is 6.09 Å². The molecule has 0 unspecified atom stereocenters. The Labute approximate surface area is 167 Å². The molecule has 0 aliphatic carbocycles. The molecular formula is C21H33N3O4. The summed E-state index contributed by atoms with van der Waals surface area (Å²) in [6.07, 6.45) is 1.54. The zero-order chi connectivity index (χ0) is 20.7. The second-order valence-electron chi connectivity index (χ2n) is 8.26. The van der Waals surface area contributed by atoms with Gasteiger partial charge in [0.2, 0.25) is 0 Å². The van der Waals surface area contributed by atoms with Crippen LogP contribution in [0.3, 0.4) is 0 Å². The van der Waals surface area contributed by atoms with Crippen molar-refractivity contribution in [3.05, 3.63) is 24.3 Å². The van der Waals surface area contributed by atoms with E-state index in [0.29, 0.717) is 24.8 Å². The highest BCUT2D eigenvalue weighted by Gasteiger charge is 2.28. The summed E-state index contributed by atoms with van der Waals surface area (Å²) in [4.78, 5) is 25.4. The molecule has 28 heavy (non-hydrogen) atoms. The Morgan fingerprint density at radius 3 is 2.39 bits per heavy atom. The number of anilines is 1. The van der Waals surface area contributed by atoms with Crippen LogP contribution in [0.15, 0.2) is 24.3 Å². The molecule has 7 heteroatoms. The Morgan fingerprint density at radius 2 is 1.79 bits per heavy atom.